The highest BCUT2D eigenvalue weighted by atomic mass is 127. The third-order valence-corrected chi connectivity index (χ3v) is 7.87. The van der Waals surface area contributed by atoms with Crippen LogP contribution in [0.1, 0.15) is 55.4 Å². The number of esters is 2. The SMILES string of the molecule is CCOC(=O)c1sc(CC(=O)/C(C#N)=C/c2cc(I)c(OCc3ccccc3F)c(OC)c2)c(C(=O)OCC)c1C. The normalized spacial score (nSPS) is 11.0. The smallest absolute Gasteiger partial charge is 0.348 e. The Labute approximate surface area is 254 Å². The second kappa shape index (κ2) is 14.7. The summed E-state index contributed by atoms with van der Waals surface area (Å²) in [5.41, 5.74) is 1.19. The summed E-state index contributed by atoms with van der Waals surface area (Å²) in [4.78, 5) is 38.9. The molecular formula is C30H27FINO7S. The number of carbonyl (C=O) groups excluding carboxylic acids is 3. The molecule has 0 fully saturated rings. The minimum absolute atomic E-state index is 0.0209. The molecule has 0 aliphatic heterocycles. The summed E-state index contributed by atoms with van der Waals surface area (Å²) in [5.74, 6) is -1.48. The molecule has 0 amide bonds. The molecule has 41 heavy (non-hydrogen) atoms. The molecule has 8 nitrogen and oxygen atoms in total. The van der Waals surface area contributed by atoms with Crippen LogP contribution < -0.4 is 9.47 Å². The van der Waals surface area contributed by atoms with Crippen LogP contribution >= 0.6 is 33.9 Å². The highest BCUT2D eigenvalue weighted by Crippen LogP contribution is 2.36. The number of ether oxygens (including phenoxy) is 4. The lowest BCUT2D eigenvalue weighted by molar-refractivity contribution is -0.114. The first-order valence-electron chi connectivity index (χ1n) is 12.5. The van der Waals surface area contributed by atoms with Crippen LogP contribution in [0.15, 0.2) is 42.0 Å². The van der Waals surface area contributed by atoms with E-state index < -0.39 is 17.7 Å². The predicted molar refractivity (Wildman–Crippen MR) is 160 cm³/mol. The quantitative estimate of drug-likeness (QED) is 0.0922. The number of hydrogen-bond donors (Lipinski definition) is 0. The van der Waals surface area contributed by atoms with Crippen molar-refractivity contribution in [1.29, 1.82) is 5.26 Å². The van der Waals surface area contributed by atoms with Crippen LogP contribution in [0.3, 0.4) is 0 Å². The summed E-state index contributed by atoms with van der Waals surface area (Å²) in [6, 6.07) is 11.5. The number of carbonyl (C=O) groups is 3. The number of nitrogens with zero attached hydrogens (tertiary/aromatic N) is 1. The number of thiophene rings is 1. The van der Waals surface area contributed by atoms with Crippen LogP contribution in [-0.4, -0.2) is 38.0 Å². The Hall–Kier alpha value is -3.76. The molecule has 3 rings (SSSR count). The van der Waals surface area contributed by atoms with Crippen molar-refractivity contribution in [1.82, 2.24) is 0 Å². The fourth-order valence-corrected chi connectivity index (χ4v) is 5.84. The third-order valence-electron chi connectivity index (χ3n) is 5.79. The van der Waals surface area contributed by atoms with Gasteiger partial charge in [-0.25, -0.2) is 14.0 Å². The number of benzene rings is 2. The number of allylic oxidation sites excluding steroid dienone is 1. The van der Waals surface area contributed by atoms with Crippen molar-refractivity contribution in [2.45, 2.75) is 33.8 Å². The zero-order valence-corrected chi connectivity index (χ0v) is 25.8. The van der Waals surface area contributed by atoms with E-state index in [1.54, 1.807) is 51.1 Å². The Morgan fingerprint density at radius 1 is 1.10 bits per heavy atom. The Bertz CT molecular complexity index is 1540. The molecule has 0 saturated carbocycles. The highest BCUT2D eigenvalue weighted by molar-refractivity contribution is 14.1. The van der Waals surface area contributed by atoms with E-state index in [4.69, 9.17) is 18.9 Å². The molecule has 0 aliphatic rings. The summed E-state index contributed by atoms with van der Waals surface area (Å²) < 4.78 is 36.2. The van der Waals surface area contributed by atoms with Crippen molar-refractivity contribution in [3.05, 3.63) is 83.4 Å². The maximum absolute atomic E-state index is 14.0. The maximum Gasteiger partial charge on any atom is 0.348 e. The zero-order valence-electron chi connectivity index (χ0n) is 22.8. The van der Waals surface area contributed by atoms with Gasteiger partial charge in [0, 0.05) is 16.9 Å². The van der Waals surface area contributed by atoms with Crippen molar-refractivity contribution < 1.29 is 37.7 Å². The first-order valence-corrected chi connectivity index (χ1v) is 14.4. The Balaban J connectivity index is 1.91. The first kappa shape index (κ1) is 31.8. The monoisotopic (exact) mass is 691 g/mol. The van der Waals surface area contributed by atoms with Gasteiger partial charge in [-0.3, -0.25) is 4.79 Å². The van der Waals surface area contributed by atoms with E-state index in [0.29, 0.717) is 36.6 Å². The summed E-state index contributed by atoms with van der Waals surface area (Å²) >= 11 is 3.00. The molecule has 0 saturated heterocycles. The van der Waals surface area contributed by atoms with Gasteiger partial charge in [-0.2, -0.15) is 5.26 Å². The predicted octanol–water partition coefficient (Wildman–Crippen LogP) is 6.46. The molecule has 0 unspecified atom stereocenters. The van der Waals surface area contributed by atoms with E-state index in [0.717, 1.165) is 11.3 Å². The fraction of sp³-hybridized carbons (Fsp3) is 0.267. The average molecular weight is 692 g/mol. The molecule has 214 valence electrons. The van der Waals surface area contributed by atoms with Crippen molar-refractivity contribution in [3.8, 4) is 17.6 Å². The van der Waals surface area contributed by atoms with Crippen molar-refractivity contribution in [2.75, 3.05) is 20.3 Å². The molecule has 0 radical (unpaired) electrons. The van der Waals surface area contributed by atoms with E-state index in [1.165, 1.54) is 19.3 Å². The molecular weight excluding hydrogens is 664 g/mol. The minimum Gasteiger partial charge on any atom is -0.493 e. The topological polar surface area (TPSA) is 112 Å². The van der Waals surface area contributed by atoms with Gasteiger partial charge in [0.1, 0.15) is 23.4 Å². The van der Waals surface area contributed by atoms with Gasteiger partial charge >= 0.3 is 11.9 Å². The lowest BCUT2D eigenvalue weighted by atomic mass is 10.0. The lowest BCUT2D eigenvalue weighted by Crippen LogP contribution is -2.12. The van der Waals surface area contributed by atoms with Crippen LogP contribution in [0.4, 0.5) is 4.39 Å². The van der Waals surface area contributed by atoms with E-state index in [1.807, 2.05) is 28.7 Å². The van der Waals surface area contributed by atoms with Gasteiger partial charge in [0.2, 0.25) is 0 Å². The summed E-state index contributed by atoms with van der Waals surface area (Å²) in [6.45, 7) is 5.15. The molecule has 3 aromatic rings. The number of Topliss-reactive ketones (excluding diaryl/α,β-unsaturated/α-hetero) is 1. The number of ketones is 1. The van der Waals surface area contributed by atoms with Gasteiger partial charge in [0.15, 0.2) is 17.3 Å². The first-order chi connectivity index (χ1) is 19.6. The second-order valence-corrected chi connectivity index (χ2v) is 10.7. The number of hydrogen-bond acceptors (Lipinski definition) is 9. The van der Waals surface area contributed by atoms with Gasteiger partial charge in [-0.05, 0) is 78.8 Å². The Morgan fingerprint density at radius 2 is 1.78 bits per heavy atom. The largest absolute Gasteiger partial charge is 0.493 e. The molecule has 0 aliphatic carbocycles. The van der Waals surface area contributed by atoms with E-state index in [9.17, 15) is 24.0 Å². The number of rotatable bonds is 12. The van der Waals surface area contributed by atoms with Gasteiger partial charge < -0.3 is 18.9 Å². The van der Waals surface area contributed by atoms with Crippen LogP contribution in [0, 0.1) is 27.6 Å². The average Bonchev–Trinajstić information content (AvgIpc) is 3.27. The molecule has 1 aromatic heterocycles. The molecule has 2 aromatic carbocycles. The van der Waals surface area contributed by atoms with Crippen molar-refractivity contribution in [3.63, 3.8) is 0 Å². The van der Waals surface area contributed by atoms with E-state index >= 15 is 0 Å². The van der Waals surface area contributed by atoms with Gasteiger partial charge in [0.05, 0.1) is 35.0 Å². The summed E-state index contributed by atoms with van der Waals surface area (Å²) in [5, 5.41) is 9.81. The molecule has 0 bridgehead atoms. The van der Waals surface area contributed by atoms with Crippen LogP contribution in [0.2, 0.25) is 0 Å². The van der Waals surface area contributed by atoms with Crippen molar-refractivity contribution in [2.24, 2.45) is 0 Å². The third kappa shape index (κ3) is 7.71. The van der Waals surface area contributed by atoms with E-state index in [2.05, 4.69) is 0 Å². The van der Waals surface area contributed by atoms with E-state index in [-0.39, 0.29) is 48.1 Å². The van der Waals surface area contributed by atoms with Gasteiger partial charge in [-0.1, -0.05) is 18.2 Å². The van der Waals surface area contributed by atoms with Crippen LogP contribution in [0.5, 0.6) is 11.5 Å². The number of methoxy groups -OCH3 is 1. The molecule has 0 atom stereocenters. The molecule has 11 heteroatoms. The second-order valence-electron chi connectivity index (χ2n) is 8.48. The van der Waals surface area contributed by atoms with Crippen LogP contribution in [0.25, 0.3) is 6.08 Å². The van der Waals surface area contributed by atoms with Crippen LogP contribution in [-0.2, 0) is 27.3 Å². The van der Waals surface area contributed by atoms with Crippen molar-refractivity contribution >= 4 is 57.7 Å². The number of nitriles is 1. The standard InChI is InChI=1S/C30H27FINO7S/c1-5-38-29(35)26-17(3)28(30(36)39-6-2)41-25(26)14-23(34)20(15-33)11-18-12-22(32)27(24(13-18)37-4)40-16-19-9-7-8-10-21(19)31/h7-13H,5-6,14,16H2,1-4H3/b20-11+. The lowest BCUT2D eigenvalue weighted by Gasteiger charge is -2.14. The number of halogens is 2. The molecule has 0 spiro atoms. The molecule has 0 N–H and O–H groups in total. The Kier molecular flexibility index (Phi) is 11.4. The Morgan fingerprint density at radius 3 is 2.41 bits per heavy atom. The fourth-order valence-electron chi connectivity index (χ4n) is 3.87. The maximum atomic E-state index is 14.0. The molecule has 1 heterocycles. The highest BCUT2D eigenvalue weighted by Gasteiger charge is 2.28. The summed E-state index contributed by atoms with van der Waals surface area (Å²) in [6.07, 6.45) is 1.11. The minimum atomic E-state index is -0.660. The zero-order chi connectivity index (χ0) is 30.1. The van der Waals surface area contributed by atoms with Gasteiger partial charge in [-0.15, -0.1) is 11.3 Å². The van der Waals surface area contributed by atoms with Gasteiger partial charge in [0.25, 0.3) is 0 Å². The summed E-state index contributed by atoms with van der Waals surface area (Å²) in [7, 11) is 1.45.